The van der Waals surface area contributed by atoms with Gasteiger partial charge in [-0.05, 0) is 49.1 Å². The largest absolute Gasteiger partial charge is 0.368 e. The first-order valence-corrected chi connectivity index (χ1v) is 12.6. The van der Waals surface area contributed by atoms with Crippen LogP contribution in [0.4, 0.5) is 0 Å². The second-order valence-electron chi connectivity index (χ2n) is 10.8. The van der Waals surface area contributed by atoms with E-state index in [2.05, 4.69) is 29.5 Å². The highest BCUT2D eigenvalue weighted by Gasteiger charge is 2.37. The van der Waals surface area contributed by atoms with Crippen molar-refractivity contribution in [2.24, 2.45) is 23.0 Å². The van der Waals surface area contributed by atoms with Crippen LogP contribution in [0.15, 0.2) is 24.3 Å². The van der Waals surface area contributed by atoms with Crippen LogP contribution in [0, 0.1) is 17.3 Å². The molecule has 2 aliphatic rings. The number of primary amides is 1. The predicted molar refractivity (Wildman–Crippen MR) is 134 cm³/mol. The van der Waals surface area contributed by atoms with Crippen LogP contribution in [0.2, 0.25) is 5.02 Å². The predicted octanol–water partition coefficient (Wildman–Crippen LogP) is 3.48. The minimum atomic E-state index is -0.969. The number of benzene rings is 1. The molecular formula is C26H33ClN4O4. The van der Waals surface area contributed by atoms with Crippen molar-refractivity contribution in [3.63, 3.8) is 0 Å². The zero-order valence-corrected chi connectivity index (χ0v) is 20.9. The summed E-state index contributed by atoms with van der Waals surface area (Å²) in [7, 11) is 0. The number of rotatable bonds is 9. The molecule has 2 saturated carbocycles. The fourth-order valence-corrected chi connectivity index (χ4v) is 5.11. The van der Waals surface area contributed by atoms with E-state index in [0.717, 1.165) is 24.6 Å². The summed E-state index contributed by atoms with van der Waals surface area (Å²) in [4.78, 5) is 54.0. The summed E-state index contributed by atoms with van der Waals surface area (Å²) in [5, 5.41) is 6.82. The third kappa shape index (κ3) is 6.23. The molecule has 0 bridgehead atoms. The normalized spacial score (nSPS) is 21.3. The van der Waals surface area contributed by atoms with E-state index < -0.39 is 29.8 Å². The molecule has 8 nitrogen and oxygen atoms in total. The highest BCUT2D eigenvalue weighted by Crippen LogP contribution is 2.37. The second kappa shape index (κ2) is 10.0. The van der Waals surface area contributed by atoms with Gasteiger partial charge in [0.15, 0.2) is 0 Å². The highest BCUT2D eigenvalue weighted by molar-refractivity contribution is 6.35. The average Bonchev–Trinajstić information content (AvgIpc) is 3.48. The van der Waals surface area contributed by atoms with E-state index in [1.807, 2.05) is 6.07 Å². The van der Waals surface area contributed by atoms with Gasteiger partial charge in [-0.15, -0.1) is 0 Å². The Kier molecular flexibility index (Phi) is 7.22. The minimum absolute atomic E-state index is 0.0501. The molecule has 0 spiro atoms. The SMILES string of the molecule is CC1(C)CCC(C[C@H](NC(=O)[C@H](CC2CC2)NC(=O)c2cc3cccc(Cl)c3[nH]2)C(N)=O)C(=O)C1. The molecule has 4 rings (SSSR count). The summed E-state index contributed by atoms with van der Waals surface area (Å²) in [6, 6.07) is 5.26. The van der Waals surface area contributed by atoms with Gasteiger partial charge in [0.05, 0.1) is 10.5 Å². The molecule has 1 aromatic carbocycles. The monoisotopic (exact) mass is 500 g/mol. The van der Waals surface area contributed by atoms with Crippen LogP contribution in [0.25, 0.3) is 10.9 Å². The number of amides is 3. The van der Waals surface area contributed by atoms with Gasteiger partial charge in [-0.25, -0.2) is 0 Å². The lowest BCUT2D eigenvalue weighted by molar-refractivity contribution is -0.132. The number of aromatic nitrogens is 1. The molecule has 0 aliphatic heterocycles. The van der Waals surface area contributed by atoms with Gasteiger partial charge in [-0.1, -0.05) is 50.4 Å². The van der Waals surface area contributed by atoms with Crippen LogP contribution in [-0.4, -0.2) is 40.6 Å². The number of ketones is 1. The summed E-state index contributed by atoms with van der Waals surface area (Å²) in [6.45, 7) is 4.11. The lowest BCUT2D eigenvalue weighted by atomic mass is 9.71. The first-order valence-electron chi connectivity index (χ1n) is 12.2. The number of para-hydroxylation sites is 1. The van der Waals surface area contributed by atoms with Crippen molar-refractivity contribution in [1.29, 1.82) is 0 Å². The summed E-state index contributed by atoms with van der Waals surface area (Å²) in [6.07, 6.45) is 4.63. The quantitative estimate of drug-likeness (QED) is 0.419. The molecule has 2 aliphatic carbocycles. The van der Waals surface area contributed by atoms with Crippen LogP contribution < -0.4 is 16.4 Å². The van der Waals surface area contributed by atoms with E-state index in [1.165, 1.54) is 0 Å². The first-order chi connectivity index (χ1) is 16.5. The first kappa shape index (κ1) is 25.2. The van der Waals surface area contributed by atoms with Crippen LogP contribution in [-0.2, 0) is 14.4 Å². The molecular weight excluding hydrogens is 468 g/mol. The molecule has 5 N–H and O–H groups in total. The second-order valence-corrected chi connectivity index (χ2v) is 11.2. The van der Waals surface area contributed by atoms with Gasteiger partial charge in [0.1, 0.15) is 23.6 Å². The molecule has 1 aromatic heterocycles. The van der Waals surface area contributed by atoms with Crippen molar-refractivity contribution in [2.75, 3.05) is 0 Å². The Hall–Kier alpha value is -2.87. The van der Waals surface area contributed by atoms with Gasteiger partial charge in [0, 0.05) is 17.7 Å². The van der Waals surface area contributed by atoms with Crippen molar-refractivity contribution in [2.45, 2.75) is 70.9 Å². The third-order valence-electron chi connectivity index (χ3n) is 7.20. The van der Waals surface area contributed by atoms with Crippen LogP contribution in [0.5, 0.6) is 0 Å². The molecule has 2 aromatic rings. The van der Waals surface area contributed by atoms with Gasteiger partial charge in [-0.3, -0.25) is 19.2 Å². The molecule has 3 amide bonds. The van der Waals surface area contributed by atoms with Gasteiger partial charge in [0.25, 0.3) is 5.91 Å². The number of fused-ring (bicyclic) bond motifs is 1. The molecule has 0 radical (unpaired) electrons. The topological polar surface area (TPSA) is 134 Å². The van der Waals surface area contributed by atoms with Crippen molar-refractivity contribution >= 4 is 46.0 Å². The number of aromatic amines is 1. The Bertz CT molecular complexity index is 1150. The maximum atomic E-state index is 13.2. The van der Waals surface area contributed by atoms with Crippen molar-refractivity contribution in [3.8, 4) is 0 Å². The molecule has 1 unspecified atom stereocenters. The number of halogens is 1. The molecule has 188 valence electrons. The number of Topliss-reactive ketones (excluding diaryl/α,β-unsaturated/α-hetero) is 1. The Labute approximate surface area is 209 Å². The van der Waals surface area contributed by atoms with E-state index in [1.54, 1.807) is 18.2 Å². The van der Waals surface area contributed by atoms with Crippen LogP contribution in [0.1, 0.15) is 69.3 Å². The molecule has 3 atom stereocenters. The van der Waals surface area contributed by atoms with Crippen LogP contribution in [0.3, 0.4) is 0 Å². The van der Waals surface area contributed by atoms with Crippen molar-refractivity contribution in [3.05, 3.63) is 35.0 Å². The highest BCUT2D eigenvalue weighted by atomic mass is 35.5. The summed E-state index contributed by atoms with van der Waals surface area (Å²) >= 11 is 6.21. The van der Waals surface area contributed by atoms with Gasteiger partial charge >= 0.3 is 0 Å². The Morgan fingerprint density at radius 3 is 2.51 bits per heavy atom. The zero-order valence-electron chi connectivity index (χ0n) is 20.2. The van der Waals surface area contributed by atoms with Crippen molar-refractivity contribution in [1.82, 2.24) is 15.6 Å². The maximum absolute atomic E-state index is 13.2. The standard InChI is InChI=1S/C26H33ClN4O4/c1-26(2)9-8-15(21(32)13-26)11-18(23(28)33)30-24(34)19(10-14-6-7-14)31-25(35)20-12-16-4-3-5-17(27)22(16)29-20/h3-5,12,14-15,18-19,29H,6-11,13H2,1-2H3,(H2,28,33)(H,30,34)(H,31,35)/t15?,18-,19-/m0/s1. The summed E-state index contributed by atoms with van der Waals surface area (Å²) < 4.78 is 0. The van der Waals surface area contributed by atoms with Crippen molar-refractivity contribution < 1.29 is 19.2 Å². The fourth-order valence-electron chi connectivity index (χ4n) is 4.88. The molecule has 2 fully saturated rings. The van der Waals surface area contributed by atoms with E-state index in [0.29, 0.717) is 41.4 Å². The number of carbonyl (C=O) groups is 4. The Balaban J connectivity index is 1.44. The lowest BCUT2D eigenvalue weighted by Gasteiger charge is -2.34. The molecule has 1 heterocycles. The minimum Gasteiger partial charge on any atom is -0.368 e. The Morgan fingerprint density at radius 2 is 1.89 bits per heavy atom. The van der Waals surface area contributed by atoms with E-state index in [-0.39, 0.29) is 23.5 Å². The molecule has 9 heteroatoms. The van der Waals surface area contributed by atoms with Gasteiger partial charge in [0.2, 0.25) is 11.8 Å². The maximum Gasteiger partial charge on any atom is 0.268 e. The smallest absolute Gasteiger partial charge is 0.268 e. The van der Waals surface area contributed by atoms with Gasteiger partial charge in [-0.2, -0.15) is 0 Å². The van der Waals surface area contributed by atoms with E-state index in [4.69, 9.17) is 17.3 Å². The third-order valence-corrected chi connectivity index (χ3v) is 7.51. The van der Waals surface area contributed by atoms with E-state index in [9.17, 15) is 19.2 Å². The zero-order chi connectivity index (χ0) is 25.3. The summed E-state index contributed by atoms with van der Waals surface area (Å²) in [5.74, 6) is -1.45. The Morgan fingerprint density at radius 1 is 1.14 bits per heavy atom. The average molecular weight is 501 g/mol. The number of hydrogen-bond donors (Lipinski definition) is 4. The summed E-state index contributed by atoms with van der Waals surface area (Å²) in [5.41, 5.74) is 6.49. The fraction of sp³-hybridized carbons (Fsp3) is 0.538. The molecule has 35 heavy (non-hydrogen) atoms. The number of H-pyrrole nitrogens is 1. The number of nitrogens with one attached hydrogen (secondary N) is 3. The van der Waals surface area contributed by atoms with Gasteiger partial charge < -0.3 is 21.4 Å². The lowest BCUT2D eigenvalue weighted by Crippen LogP contribution is -2.54. The number of nitrogens with two attached hydrogens (primary N) is 1. The number of hydrogen-bond acceptors (Lipinski definition) is 4. The molecule has 0 saturated heterocycles. The van der Waals surface area contributed by atoms with Crippen LogP contribution >= 0.6 is 11.6 Å². The van der Waals surface area contributed by atoms with E-state index >= 15 is 0 Å². The number of carbonyl (C=O) groups excluding carboxylic acids is 4.